The molecule has 2 aliphatic rings. The van der Waals surface area contributed by atoms with E-state index in [9.17, 15) is 14.8 Å². The third kappa shape index (κ3) is 6.74. The monoisotopic (exact) mass is 409 g/mol. The van der Waals surface area contributed by atoms with Crippen LogP contribution in [0.15, 0.2) is 34.6 Å². The zero-order chi connectivity index (χ0) is 19.2. The van der Waals surface area contributed by atoms with Gasteiger partial charge in [0.25, 0.3) is 0 Å². The first kappa shape index (κ1) is 20.6. The van der Waals surface area contributed by atoms with E-state index < -0.39 is 13.1 Å². The van der Waals surface area contributed by atoms with Gasteiger partial charge in [0.2, 0.25) is 5.91 Å². The van der Waals surface area contributed by atoms with Gasteiger partial charge in [-0.05, 0) is 42.4 Å². The molecule has 2 atom stereocenters. The second kappa shape index (κ2) is 9.86. The number of benzene rings is 1. The predicted molar refractivity (Wildman–Crippen MR) is 109 cm³/mol. The summed E-state index contributed by atoms with van der Waals surface area (Å²) in [6.07, 6.45) is 2.76. The zero-order valence-electron chi connectivity index (χ0n) is 15.1. The number of amides is 1. The van der Waals surface area contributed by atoms with Crippen LogP contribution in [0.2, 0.25) is 0 Å². The molecule has 1 aromatic rings. The summed E-state index contributed by atoms with van der Waals surface area (Å²) in [4.78, 5) is 12.8. The molecule has 0 spiro atoms. The fourth-order valence-corrected chi connectivity index (χ4v) is 3.98. The number of carbonyl (C=O) groups excluding carboxylic acids is 1. The summed E-state index contributed by atoms with van der Waals surface area (Å²) < 4.78 is 5.30. The van der Waals surface area contributed by atoms with Gasteiger partial charge in [0.05, 0.1) is 23.4 Å². The minimum absolute atomic E-state index is 0.0680. The first-order valence-electron chi connectivity index (χ1n) is 8.96. The van der Waals surface area contributed by atoms with Gasteiger partial charge >= 0.3 is 7.12 Å². The molecule has 10 heteroatoms. The summed E-state index contributed by atoms with van der Waals surface area (Å²) in [5, 5.41) is 27.2. The van der Waals surface area contributed by atoms with Gasteiger partial charge in [0.1, 0.15) is 6.54 Å². The lowest BCUT2D eigenvalue weighted by Gasteiger charge is -2.17. The fraction of sp³-hybridized carbons (Fsp3) is 0.471. The Hall–Kier alpha value is -1.17. The molecule has 146 valence electrons. The second-order valence-electron chi connectivity index (χ2n) is 6.74. The molecule has 3 rings (SSSR count). The van der Waals surface area contributed by atoms with Gasteiger partial charge < -0.3 is 20.7 Å². The van der Waals surface area contributed by atoms with Crippen LogP contribution in [0.4, 0.5) is 0 Å². The summed E-state index contributed by atoms with van der Waals surface area (Å²) >= 11 is 2.87. The fourth-order valence-electron chi connectivity index (χ4n) is 2.72. The molecule has 2 unspecified atom stereocenters. The number of thioether (sulfide) groups is 1. The summed E-state index contributed by atoms with van der Waals surface area (Å²) in [7, 11) is -1.55. The van der Waals surface area contributed by atoms with E-state index >= 15 is 0 Å². The molecular weight excluding hydrogens is 385 g/mol. The molecular formula is C17H24BN3O4S2. The smallest absolute Gasteiger partial charge is 0.426 e. The lowest BCUT2D eigenvalue weighted by atomic mass is 9.76. The first-order chi connectivity index (χ1) is 13.0. The molecule has 0 radical (unpaired) electrons. The highest BCUT2D eigenvalue weighted by atomic mass is 32.2. The minimum atomic E-state index is -1.55. The highest BCUT2D eigenvalue weighted by Crippen LogP contribution is 2.33. The Morgan fingerprint density at radius 3 is 2.96 bits per heavy atom. The Balaban J connectivity index is 1.39. The van der Waals surface area contributed by atoms with Gasteiger partial charge in [-0.1, -0.05) is 25.0 Å². The molecule has 1 aliphatic carbocycles. The SMILES string of the molecule is CC1NC(c2cccc(SONCC(=O)NC(CC3CC3)B(O)O)c2)=CS1. The molecule has 5 N–H and O–H groups in total. The maximum atomic E-state index is 11.9. The Kier molecular flexibility index (Phi) is 7.51. The van der Waals surface area contributed by atoms with E-state index in [0.717, 1.165) is 41.0 Å². The molecule has 1 heterocycles. The van der Waals surface area contributed by atoms with Gasteiger partial charge in [-0.15, -0.1) is 11.8 Å². The van der Waals surface area contributed by atoms with Gasteiger partial charge in [0.15, 0.2) is 0 Å². The van der Waals surface area contributed by atoms with Crippen LogP contribution in [0, 0.1) is 5.92 Å². The van der Waals surface area contributed by atoms with Gasteiger partial charge in [0, 0.05) is 10.6 Å². The molecule has 1 fully saturated rings. The van der Waals surface area contributed by atoms with Crippen molar-refractivity contribution in [2.45, 2.75) is 42.4 Å². The maximum Gasteiger partial charge on any atom is 0.475 e. The molecule has 1 aliphatic heterocycles. The van der Waals surface area contributed by atoms with Crippen LogP contribution in [0.1, 0.15) is 31.7 Å². The average molecular weight is 409 g/mol. The van der Waals surface area contributed by atoms with Crippen molar-refractivity contribution >= 4 is 42.5 Å². The summed E-state index contributed by atoms with van der Waals surface area (Å²) in [5.74, 6) is -0.493. The largest absolute Gasteiger partial charge is 0.475 e. The zero-order valence-corrected chi connectivity index (χ0v) is 16.7. The van der Waals surface area contributed by atoms with Crippen molar-refractivity contribution in [3.63, 3.8) is 0 Å². The van der Waals surface area contributed by atoms with Gasteiger partial charge in [-0.25, -0.2) is 4.28 Å². The van der Waals surface area contributed by atoms with Crippen LogP contribution >= 0.6 is 23.8 Å². The topological polar surface area (TPSA) is 103 Å². The molecule has 1 amide bonds. The third-order valence-electron chi connectivity index (χ3n) is 4.31. The lowest BCUT2D eigenvalue weighted by molar-refractivity contribution is -0.121. The maximum absolute atomic E-state index is 11.9. The summed E-state index contributed by atoms with van der Waals surface area (Å²) in [5.41, 5.74) is 4.77. The van der Waals surface area contributed by atoms with Gasteiger partial charge in [-0.3, -0.25) is 4.79 Å². The Morgan fingerprint density at radius 1 is 1.48 bits per heavy atom. The van der Waals surface area contributed by atoms with Crippen LogP contribution in [-0.4, -0.2) is 40.9 Å². The highest BCUT2D eigenvalue weighted by Gasteiger charge is 2.32. The third-order valence-corrected chi connectivity index (χ3v) is 5.86. The van der Waals surface area contributed by atoms with E-state index in [1.54, 1.807) is 11.8 Å². The van der Waals surface area contributed by atoms with E-state index in [4.69, 9.17) is 4.28 Å². The van der Waals surface area contributed by atoms with Crippen LogP contribution in [-0.2, 0) is 9.08 Å². The molecule has 0 saturated heterocycles. The van der Waals surface area contributed by atoms with Crippen molar-refractivity contribution in [3.8, 4) is 0 Å². The first-order valence-corrected chi connectivity index (χ1v) is 10.6. The highest BCUT2D eigenvalue weighted by molar-refractivity contribution is 8.03. The minimum Gasteiger partial charge on any atom is -0.426 e. The van der Waals surface area contributed by atoms with Crippen molar-refractivity contribution in [3.05, 3.63) is 35.2 Å². The molecule has 1 saturated carbocycles. The number of hydrogen-bond acceptors (Lipinski definition) is 8. The number of nitrogens with one attached hydrogen (secondary N) is 3. The van der Waals surface area contributed by atoms with Crippen LogP contribution in [0.5, 0.6) is 0 Å². The standard InChI is InChI=1S/C17H24BN3O4S2/c1-11-20-15(10-26-11)13-3-2-4-14(8-13)27-25-19-9-17(22)21-16(18(23)24)7-12-5-6-12/h2-4,8,10-12,16,19-20,23-24H,5-7,9H2,1H3,(H,21,22). The summed E-state index contributed by atoms with van der Waals surface area (Å²) in [6, 6.07) is 7.92. The van der Waals surface area contributed by atoms with Crippen molar-refractivity contribution in [2.75, 3.05) is 6.54 Å². The van der Waals surface area contributed by atoms with Crippen molar-refractivity contribution in [1.29, 1.82) is 0 Å². The van der Waals surface area contributed by atoms with E-state index in [2.05, 4.69) is 28.4 Å². The quantitative estimate of drug-likeness (QED) is 0.172. The van der Waals surface area contributed by atoms with Crippen molar-refractivity contribution in [2.24, 2.45) is 5.92 Å². The van der Waals surface area contributed by atoms with Crippen LogP contribution in [0.3, 0.4) is 0 Å². The molecule has 27 heavy (non-hydrogen) atoms. The van der Waals surface area contributed by atoms with E-state index in [1.807, 2.05) is 24.3 Å². The average Bonchev–Trinajstić information content (AvgIpc) is 3.36. The number of rotatable bonds is 10. The molecule has 0 aromatic heterocycles. The molecule has 0 bridgehead atoms. The predicted octanol–water partition coefficient (Wildman–Crippen LogP) is 1.49. The Morgan fingerprint density at radius 2 is 2.30 bits per heavy atom. The van der Waals surface area contributed by atoms with Crippen LogP contribution in [0.25, 0.3) is 5.70 Å². The molecule has 7 nitrogen and oxygen atoms in total. The normalized spacial score (nSPS) is 20.0. The number of hydrogen-bond donors (Lipinski definition) is 5. The Labute approximate surface area is 168 Å². The van der Waals surface area contributed by atoms with Crippen molar-refractivity contribution in [1.82, 2.24) is 16.1 Å². The van der Waals surface area contributed by atoms with E-state index in [1.165, 1.54) is 0 Å². The number of carbonyl (C=O) groups is 1. The van der Waals surface area contributed by atoms with Crippen molar-refractivity contribution < 1.29 is 19.1 Å². The Bertz CT molecular complexity index is 688. The number of hydroxylamine groups is 1. The summed E-state index contributed by atoms with van der Waals surface area (Å²) in [6.45, 7) is 2.04. The second-order valence-corrected chi connectivity index (χ2v) is 8.76. The van der Waals surface area contributed by atoms with E-state index in [0.29, 0.717) is 17.7 Å². The lowest BCUT2D eigenvalue weighted by Crippen LogP contribution is -2.49. The van der Waals surface area contributed by atoms with Crippen LogP contribution < -0.4 is 16.1 Å². The molecule has 1 aromatic carbocycles. The van der Waals surface area contributed by atoms with E-state index in [-0.39, 0.29) is 12.5 Å². The van der Waals surface area contributed by atoms with Gasteiger partial charge in [-0.2, -0.15) is 5.48 Å².